The molecule has 5 heteroatoms. The molecule has 1 saturated heterocycles. The Morgan fingerprint density at radius 3 is 2.61 bits per heavy atom. The molecule has 2 atom stereocenters. The molecule has 1 saturated carbocycles. The molecule has 0 spiro atoms. The van der Waals surface area contributed by atoms with E-state index in [4.69, 9.17) is 0 Å². The van der Waals surface area contributed by atoms with Crippen LogP contribution in [0.15, 0.2) is 0 Å². The lowest BCUT2D eigenvalue weighted by Gasteiger charge is -2.46. The average molecular weight is 256 g/mol. The van der Waals surface area contributed by atoms with E-state index in [1.165, 1.54) is 0 Å². The average Bonchev–Trinajstić information content (AvgIpc) is 3.18. The summed E-state index contributed by atoms with van der Waals surface area (Å²) in [7, 11) is 0. The molecule has 1 N–H and O–H groups in total. The molecule has 0 aromatic rings. The van der Waals surface area contributed by atoms with E-state index in [1.807, 2.05) is 6.92 Å². The van der Waals surface area contributed by atoms with Crippen LogP contribution in [0.2, 0.25) is 0 Å². The summed E-state index contributed by atoms with van der Waals surface area (Å²) in [5, 5.41) is 2.85. The van der Waals surface area contributed by atoms with Crippen LogP contribution >= 0.6 is 0 Å². The minimum absolute atomic E-state index is 0.0325. The van der Waals surface area contributed by atoms with Gasteiger partial charge in [-0.15, -0.1) is 0 Å². The zero-order chi connectivity index (χ0) is 13.3. The minimum Gasteiger partial charge on any atom is -0.342 e. The van der Waals surface area contributed by atoms with Crippen molar-refractivity contribution in [3.05, 3.63) is 0 Å². The van der Waals surface area contributed by atoms with Crippen molar-refractivity contribution >= 4 is 11.8 Å². The van der Waals surface area contributed by atoms with Crippen molar-refractivity contribution in [3.8, 4) is 0 Å². The summed E-state index contributed by atoms with van der Waals surface area (Å²) in [6.07, 6.45) is 2.84. The van der Waals surface area contributed by atoms with Crippen LogP contribution < -0.4 is 5.32 Å². The molecule has 4 nitrogen and oxygen atoms in total. The number of piperazine rings is 1. The number of rotatable bonds is 5. The summed E-state index contributed by atoms with van der Waals surface area (Å²) in [4.78, 5) is 26.2. The first kappa shape index (κ1) is 13.3. The maximum absolute atomic E-state index is 12.4. The van der Waals surface area contributed by atoms with E-state index in [0.29, 0.717) is 19.4 Å². The van der Waals surface area contributed by atoms with Gasteiger partial charge in [-0.3, -0.25) is 14.0 Å². The second kappa shape index (κ2) is 4.86. The molecule has 0 aromatic carbocycles. The molecule has 2 unspecified atom stereocenters. The maximum atomic E-state index is 12.4. The zero-order valence-electron chi connectivity index (χ0n) is 11.0. The van der Waals surface area contributed by atoms with E-state index in [-0.39, 0.29) is 23.8 Å². The fraction of sp³-hybridized carbons (Fsp3) is 0.846. The predicted molar refractivity (Wildman–Crippen MR) is 65.7 cm³/mol. The van der Waals surface area contributed by atoms with Crippen molar-refractivity contribution in [2.24, 2.45) is 5.92 Å². The van der Waals surface area contributed by atoms with Gasteiger partial charge in [0.05, 0.1) is 6.67 Å². The third-order valence-corrected chi connectivity index (χ3v) is 4.20. The molecule has 0 radical (unpaired) electrons. The highest BCUT2D eigenvalue weighted by molar-refractivity contribution is 5.99. The Morgan fingerprint density at radius 1 is 1.44 bits per heavy atom. The van der Waals surface area contributed by atoms with Crippen molar-refractivity contribution in [1.82, 2.24) is 10.2 Å². The van der Waals surface area contributed by atoms with Gasteiger partial charge in [0.15, 0.2) is 0 Å². The van der Waals surface area contributed by atoms with Gasteiger partial charge < -0.3 is 10.2 Å². The summed E-state index contributed by atoms with van der Waals surface area (Å²) in [6, 6.07) is -0.378. The molecule has 2 amide bonds. The quantitative estimate of drug-likeness (QED) is 0.805. The Morgan fingerprint density at radius 2 is 2.11 bits per heavy atom. The summed E-state index contributed by atoms with van der Waals surface area (Å²) in [5.74, 6) is 0.158. The van der Waals surface area contributed by atoms with E-state index < -0.39 is 12.2 Å². The lowest BCUT2D eigenvalue weighted by molar-refractivity contribution is -0.157. The van der Waals surface area contributed by atoms with E-state index in [0.717, 1.165) is 12.8 Å². The second-order valence-corrected chi connectivity index (χ2v) is 5.45. The SMILES string of the molecule is CCC1(C)C(=O)NC(C2CC2)C(=O)N1CCCF. The lowest BCUT2D eigenvalue weighted by Crippen LogP contribution is -2.69. The van der Waals surface area contributed by atoms with Gasteiger partial charge in [0.2, 0.25) is 11.8 Å². The lowest BCUT2D eigenvalue weighted by atomic mass is 9.89. The molecule has 2 aliphatic rings. The van der Waals surface area contributed by atoms with Crippen LogP contribution in [-0.2, 0) is 9.59 Å². The number of halogens is 1. The maximum Gasteiger partial charge on any atom is 0.246 e. The van der Waals surface area contributed by atoms with Gasteiger partial charge in [0.25, 0.3) is 0 Å². The molecule has 1 aliphatic carbocycles. The summed E-state index contributed by atoms with van der Waals surface area (Å²) >= 11 is 0. The van der Waals surface area contributed by atoms with Crippen LogP contribution in [0.5, 0.6) is 0 Å². The smallest absolute Gasteiger partial charge is 0.246 e. The number of hydrogen-bond donors (Lipinski definition) is 1. The monoisotopic (exact) mass is 256 g/mol. The highest BCUT2D eigenvalue weighted by atomic mass is 19.1. The molecule has 0 bridgehead atoms. The number of amides is 2. The van der Waals surface area contributed by atoms with Crippen LogP contribution in [0.3, 0.4) is 0 Å². The van der Waals surface area contributed by atoms with Gasteiger partial charge in [-0.2, -0.15) is 0 Å². The van der Waals surface area contributed by atoms with Crippen LogP contribution in [0, 0.1) is 5.92 Å². The second-order valence-electron chi connectivity index (χ2n) is 5.45. The first-order chi connectivity index (χ1) is 8.54. The predicted octanol–water partition coefficient (Wildman–Crippen LogP) is 1.25. The highest BCUT2D eigenvalue weighted by Crippen LogP contribution is 2.37. The minimum atomic E-state index is -0.822. The molecule has 2 rings (SSSR count). The molecule has 18 heavy (non-hydrogen) atoms. The van der Waals surface area contributed by atoms with Gasteiger partial charge in [-0.05, 0) is 38.5 Å². The third-order valence-electron chi connectivity index (χ3n) is 4.20. The fourth-order valence-corrected chi connectivity index (χ4v) is 2.57. The van der Waals surface area contributed by atoms with Crippen molar-refractivity contribution in [3.63, 3.8) is 0 Å². The van der Waals surface area contributed by atoms with Crippen molar-refractivity contribution in [1.29, 1.82) is 0 Å². The molecular formula is C13H21FN2O2. The number of nitrogens with zero attached hydrogens (tertiary/aromatic N) is 1. The Balaban J connectivity index is 2.20. The zero-order valence-corrected chi connectivity index (χ0v) is 11.0. The van der Waals surface area contributed by atoms with Crippen LogP contribution in [0.4, 0.5) is 4.39 Å². The van der Waals surface area contributed by atoms with Gasteiger partial charge in [0, 0.05) is 6.54 Å². The molecular weight excluding hydrogens is 235 g/mol. The number of nitrogens with one attached hydrogen (secondary N) is 1. The van der Waals surface area contributed by atoms with Crippen molar-refractivity contribution in [2.45, 2.75) is 51.1 Å². The van der Waals surface area contributed by atoms with E-state index in [2.05, 4.69) is 5.32 Å². The van der Waals surface area contributed by atoms with E-state index in [9.17, 15) is 14.0 Å². The van der Waals surface area contributed by atoms with Gasteiger partial charge in [-0.25, -0.2) is 0 Å². The standard InChI is InChI=1S/C13H21FN2O2/c1-3-13(2)12(18)15-10(9-5-6-9)11(17)16(13)8-4-7-14/h9-10H,3-8H2,1-2H3,(H,15,18). The van der Waals surface area contributed by atoms with Gasteiger partial charge in [-0.1, -0.05) is 6.92 Å². The Hall–Kier alpha value is -1.13. The van der Waals surface area contributed by atoms with Crippen LogP contribution in [-0.4, -0.2) is 41.5 Å². The first-order valence-electron chi connectivity index (χ1n) is 6.73. The third kappa shape index (κ3) is 2.10. The molecule has 2 fully saturated rings. The van der Waals surface area contributed by atoms with Gasteiger partial charge >= 0.3 is 0 Å². The van der Waals surface area contributed by atoms with Crippen molar-refractivity contribution < 1.29 is 14.0 Å². The summed E-state index contributed by atoms with van der Waals surface area (Å²) < 4.78 is 12.4. The highest BCUT2D eigenvalue weighted by Gasteiger charge is 2.51. The summed E-state index contributed by atoms with van der Waals surface area (Å²) in [5.41, 5.74) is -0.822. The normalized spacial score (nSPS) is 32.6. The molecule has 1 heterocycles. The number of carbonyl (C=O) groups is 2. The number of alkyl halides is 1. The van der Waals surface area contributed by atoms with Crippen LogP contribution in [0.1, 0.15) is 39.5 Å². The Labute approximate surface area is 107 Å². The molecule has 0 aromatic heterocycles. The molecule has 1 aliphatic heterocycles. The van der Waals surface area contributed by atoms with E-state index >= 15 is 0 Å². The van der Waals surface area contributed by atoms with Crippen LogP contribution in [0.25, 0.3) is 0 Å². The summed E-state index contributed by atoms with van der Waals surface area (Å²) in [6.45, 7) is 3.52. The number of carbonyl (C=O) groups excluding carboxylic acids is 2. The largest absolute Gasteiger partial charge is 0.342 e. The van der Waals surface area contributed by atoms with Gasteiger partial charge in [0.1, 0.15) is 11.6 Å². The Bertz CT molecular complexity index is 357. The van der Waals surface area contributed by atoms with E-state index in [1.54, 1.807) is 11.8 Å². The van der Waals surface area contributed by atoms with Crippen molar-refractivity contribution in [2.75, 3.05) is 13.2 Å². The first-order valence-corrected chi connectivity index (χ1v) is 6.73. The fourth-order valence-electron chi connectivity index (χ4n) is 2.57. The molecule has 102 valence electrons. The Kier molecular flexibility index (Phi) is 3.59. The number of hydrogen-bond acceptors (Lipinski definition) is 2. The topological polar surface area (TPSA) is 49.4 Å².